The van der Waals surface area contributed by atoms with Crippen molar-refractivity contribution in [3.8, 4) is 11.1 Å². The van der Waals surface area contributed by atoms with Gasteiger partial charge in [-0.2, -0.15) is 4.31 Å². The van der Waals surface area contributed by atoms with Crippen LogP contribution < -0.4 is 0 Å². The molecule has 42 heavy (non-hydrogen) atoms. The fourth-order valence-corrected chi connectivity index (χ4v) is 7.12. The molecule has 9 heteroatoms. The van der Waals surface area contributed by atoms with Crippen molar-refractivity contribution in [2.24, 2.45) is 13.0 Å². The molecule has 1 amide bonds. The molecule has 8 nitrogen and oxygen atoms in total. The van der Waals surface area contributed by atoms with Crippen molar-refractivity contribution in [1.29, 1.82) is 0 Å². The van der Waals surface area contributed by atoms with Crippen LogP contribution in [0.15, 0.2) is 77.7 Å². The average Bonchev–Trinajstić information content (AvgIpc) is 3.28. The molecule has 1 aromatic heterocycles. The lowest BCUT2D eigenvalue weighted by atomic mass is 9.96. The van der Waals surface area contributed by atoms with Crippen molar-refractivity contribution in [2.75, 3.05) is 26.7 Å². The van der Waals surface area contributed by atoms with Gasteiger partial charge < -0.3 is 19.3 Å². The van der Waals surface area contributed by atoms with Crippen LogP contribution in [0.25, 0.3) is 22.0 Å². The van der Waals surface area contributed by atoms with Crippen LogP contribution in [0.3, 0.4) is 0 Å². The first-order valence-corrected chi connectivity index (χ1v) is 15.7. The van der Waals surface area contributed by atoms with E-state index < -0.39 is 22.2 Å². The number of likely N-dealkylation sites (N-methyl/N-ethyl adjacent to an activating group) is 1. The van der Waals surface area contributed by atoms with E-state index >= 15 is 0 Å². The van der Waals surface area contributed by atoms with Gasteiger partial charge in [-0.05, 0) is 48.7 Å². The highest BCUT2D eigenvalue weighted by Crippen LogP contribution is 2.38. The van der Waals surface area contributed by atoms with Gasteiger partial charge in [-0.1, -0.05) is 61.5 Å². The molecular formula is C33H39N3O5S. The van der Waals surface area contributed by atoms with Crippen molar-refractivity contribution >= 4 is 26.8 Å². The number of ether oxygens (including phenoxy) is 1. The number of sulfonamides is 1. The number of fused-ring (bicyclic) bond motifs is 5. The van der Waals surface area contributed by atoms with Gasteiger partial charge in [0.2, 0.25) is 10.0 Å². The van der Waals surface area contributed by atoms with Crippen LogP contribution in [0.5, 0.6) is 0 Å². The smallest absolute Gasteiger partial charge is 0.271 e. The molecule has 2 heterocycles. The first kappa shape index (κ1) is 30.0. The molecule has 0 spiro atoms. The number of carbonyl (C=O) groups is 1. The number of aliphatic hydroxyl groups is 1. The zero-order chi connectivity index (χ0) is 30.2. The number of nitrogens with zero attached hydrogens (tertiary/aromatic N) is 3. The molecule has 222 valence electrons. The van der Waals surface area contributed by atoms with E-state index in [-0.39, 0.29) is 43.0 Å². The third kappa shape index (κ3) is 5.49. The van der Waals surface area contributed by atoms with Crippen LogP contribution in [0.1, 0.15) is 35.5 Å². The quantitative estimate of drug-likeness (QED) is 0.348. The third-order valence-corrected chi connectivity index (χ3v) is 10.2. The van der Waals surface area contributed by atoms with Gasteiger partial charge in [-0.3, -0.25) is 4.79 Å². The highest BCUT2D eigenvalue weighted by Gasteiger charge is 2.34. The summed E-state index contributed by atoms with van der Waals surface area (Å²) in [5.41, 5.74) is 4.98. The summed E-state index contributed by atoms with van der Waals surface area (Å²) >= 11 is 0. The monoisotopic (exact) mass is 589 g/mol. The van der Waals surface area contributed by atoms with Crippen molar-refractivity contribution < 1.29 is 23.1 Å². The lowest BCUT2D eigenvalue weighted by Crippen LogP contribution is -2.48. The summed E-state index contributed by atoms with van der Waals surface area (Å²) in [4.78, 5) is 16.4. The van der Waals surface area contributed by atoms with Crippen LogP contribution in [-0.4, -0.2) is 72.1 Å². The first-order valence-electron chi connectivity index (χ1n) is 14.3. The van der Waals surface area contributed by atoms with Gasteiger partial charge in [0.25, 0.3) is 5.91 Å². The standard InChI is InChI=1S/C33H39N3O5S/c1-22-11-10-13-26(17-22)42(39,40)34(4)19-30-23(2)18-36(24(3)20-37)33(38)32-31(27-14-7-6-12-25(27)21-41-30)28-15-8-9-16-29(28)35(32)5/h6-17,23-24,30,37H,18-21H2,1-5H3/t23-,24-,30+/m1/s1. The third-order valence-electron chi connectivity index (χ3n) is 8.36. The first-order chi connectivity index (χ1) is 20.0. The largest absolute Gasteiger partial charge is 0.394 e. The molecule has 0 saturated carbocycles. The minimum Gasteiger partial charge on any atom is -0.394 e. The van der Waals surface area contributed by atoms with E-state index in [9.17, 15) is 18.3 Å². The Morgan fingerprint density at radius 2 is 1.79 bits per heavy atom. The van der Waals surface area contributed by atoms with Gasteiger partial charge in [-0.15, -0.1) is 0 Å². The normalized spacial score (nSPS) is 18.9. The molecule has 0 fully saturated rings. The highest BCUT2D eigenvalue weighted by molar-refractivity contribution is 7.89. The molecule has 3 aromatic carbocycles. The number of hydrogen-bond acceptors (Lipinski definition) is 5. The lowest BCUT2D eigenvalue weighted by molar-refractivity contribution is -0.0147. The number of hydrogen-bond donors (Lipinski definition) is 1. The minimum absolute atomic E-state index is 0.102. The summed E-state index contributed by atoms with van der Waals surface area (Å²) in [6.45, 7) is 6.07. The number of aryl methyl sites for hydroxylation is 2. The highest BCUT2D eigenvalue weighted by atomic mass is 32.2. The summed E-state index contributed by atoms with van der Waals surface area (Å²) in [6, 6.07) is 22.2. The van der Waals surface area contributed by atoms with Gasteiger partial charge in [0, 0.05) is 49.6 Å². The van der Waals surface area contributed by atoms with Gasteiger partial charge >= 0.3 is 0 Å². The maximum Gasteiger partial charge on any atom is 0.271 e. The number of para-hydroxylation sites is 1. The maximum absolute atomic E-state index is 14.5. The van der Waals surface area contributed by atoms with Crippen LogP contribution in [0, 0.1) is 12.8 Å². The Bertz CT molecular complexity index is 1710. The molecule has 0 unspecified atom stereocenters. The van der Waals surface area contributed by atoms with Gasteiger partial charge in [0.15, 0.2) is 0 Å². The second kappa shape index (κ2) is 12.0. The second-order valence-electron chi connectivity index (χ2n) is 11.4. The SMILES string of the molecule is Cc1cccc(S(=O)(=O)N(C)C[C@@H]2OCc3ccccc3-c3c(n(C)c4ccccc34)C(=O)N([C@H](C)CO)C[C@H]2C)c1. The number of rotatable bonds is 6. The minimum atomic E-state index is -3.77. The average molecular weight is 590 g/mol. The van der Waals surface area contributed by atoms with E-state index in [1.807, 2.05) is 87.0 Å². The summed E-state index contributed by atoms with van der Waals surface area (Å²) < 4.78 is 36.8. The Hall–Kier alpha value is -3.50. The fraction of sp³-hybridized carbons (Fsp3) is 0.364. The van der Waals surface area contributed by atoms with Gasteiger partial charge in [0.05, 0.1) is 30.3 Å². The van der Waals surface area contributed by atoms with Crippen molar-refractivity contribution in [1.82, 2.24) is 13.8 Å². The predicted molar refractivity (Wildman–Crippen MR) is 165 cm³/mol. The van der Waals surface area contributed by atoms with E-state index in [1.165, 1.54) is 4.31 Å². The van der Waals surface area contributed by atoms with Crippen molar-refractivity contribution in [2.45, 2.75) is 44.4 Å². The number of benzene rings is 3. The van der Waals surface area contributed by atoms with Crippen LogP contribution in [0.2, 0.25) is 0 Å². The topological polar surface area (TPSA) is 92.1 Å². The Balaban J connectivity index is 1.61. The zero-order valence-electron chi connectivity index (χ0n) is 24.8. The molecule has 4 aromatic rings. The molecular weight excluding hydrogens is 550 g/mol. The van der Waals surface area contributed by atoms with Crippen molar-refractivity contribution in [3.05, 3.63) is 89.6 Å². The lowest BCUT2D eigenvalue weighted by Gasteiger charge is -2.35. The number of aromatic nitrogens is 1. The van der Waals surface area contributed by atoms with E-state index in [1.54, 1.807) is 30.1 Å². The molecule has 0 bridgehead atoms. The predicted octanol–water partition coefficient (Wildman–Crippen LogP) is 4.83. The molecule has 1 aliphatic rings. The Morgan fingerprint density at radius 1 is 1.07 bits per heavy atom. The number of aliphatic hydroxyl groups excluding tert-OH is 1. The van der Waals surface area contributed by atoms with Crippen LogP contribution in [0.4, 0.5) is 0 Å². The molecule has 1 N–H and O–H groups in total. The fourth-order valence-electron chi connectivity index (χ4n) is 5.83. The summed E-state index contributed by atoms with van der Waals surface area (Å²) in [5, 5.41) is 11.2. The van der Waals surface area contributed by atoms with Crippen LogP contribution >= 0.6 is 0 Å². The van der Waals surface area contributed by atoms with E-state index in [0.717, 1.165) is 33.2 Å². The molecule has 0 radical (unpaired) electrons. The second-order valence-corrected chi connectivity index (χ2v) is 13.4. The molecule has 0 aliphatic carbocycles. The van der Waals surface area contributed by atoms with E-state index in [4.69, 9.17) is 4.74 Å². The number of carbonyl (C=O) groups excluding carboxylic acids is 1. The maximum atomic E-state index is 14.5. The van der Waals surface area contributed by atoms with Gasteiger partial charge in [-0.25, -0.2) is 8.42 Å². The zero-order valence-corrected chi connectivity index (χ0v) is 25.6. The summed E-state index contributed by atoms with van der Waals surface area (Å²) in [7, 11) is -0.307. The van der Waals surface area contributed by atoms with Crippen LogP contribution in [-0.2, 0) is 28.4 Å². The Kier molecular flexibility index (Phi) is 8.57. The summed E-state index contributed by atoms with van der Waals surface area (Å²) in [5.74, 6) is -0.435. The van der Waals surface area contributed by atoms with E-state index in [2.05, 4.69) is 0 Å². The Labute approximate surface area is 248 Å². The molecule has 3 atom stereocenters. The molecule has 5 rings (SSSR count). The molecule has 1 aliphatic heterocycles. The van der Waals surface area contributed by atoms with E-state index in [0.29, 0.717) is 5.69 Å². The number of amides is 1. The molecule has 0 saturated heterocycles. The van der Waals surface area contributed by atoms with Gasteiger partial charge in [0.1, 0.15) is 5.69 Å². The van der Waals surface area contributed by atoms with Crippen molar-refractivity contribution in [3.63, 3.8) is 0 Å². The Morgan fingerprint density at radius 3 is 2.52 bits per heavy atom. The summed E-state index contributed by atoms with van der Waals surface area (Å²) in [6.07, 6.45) is -0.526.